The number of carbonyl (C=O) groups is 2. The predicted octanol–water partition coefficient (Wildman–Crippen LogP) is 6.01. The Balaban J connectivity index is 1.51. The van der Waals surface area contributed by atoms with Gasteiger partial charge < -0.3 is 14.2 Å². The molecule has 37 heavy (non-hydrogen) atoms. The van der Waals surface area contributed by atoms with E-state index in [1.807, 2.05) is 30.3 Å². The summed E-state index contributed by atoms with van der Waals surface area (Å²) in [6, 6.07) is 24.8. The standard InChI is InChI=1S/C30H28N2O5/c1-3-4-19-36-25-16-9-22(10-17-25)29(33)32-31-20-27-26-8-6-5-7-21(26)13-18-28(27)37-30(34)23-11-14-24(35-2)15-12-23/h5-18,20H,3-4,19H2,1-2H3,(H,32,33). The maximum atomic E-state index is 12.8. The van der Waals surface area contributed by atoms with Crippen LogP contribution in [0.1, 0.15) is 46.0 Å². The van der Waals surface area contributed by atoms with E-state index in [-0.39, 0.29) is 5.91 Å². The van der Waals surface area contributed by atoms with Gasteiger partial charge in [-0.25, -0.2) is 10.2 Å². The lowest BCUT2D eigenvalue weighted by Gasteiger charge is -2.11. The van der Waals surface area contributed by atoms with Gasteiger partial charge in [0.15, 0.2) is 0 Å². The molecule has 7 nitrogen and oxygen atoms in total. The molecule has 0 unspecified atom stereocenters. The molecule has 0 aliphatic heterocycles. The number of fused-ring (bicyclic) bond motifs is 1. The number of amides is 1. The van der Waals surface area contributed by atoms with Crippen LogP contribution in [0.2, 0.25) is 0 Å². The van der Waals surface area contributed by atoms with Crippen LogP contribution >= 0.6 is 0 Å². The van der Waals surface area contributed by atoms with Crippen LogP contribution in [0.15, 0.2) is 90.0 Å². The number of unbranched alkanes of at least 4 members (excludes halogenated alkanes) is 1. The number of nitrogens with zero attached hydrogens (tertiary/aromatic N) is 1. The molecule has 1 amide bonds. The van der Waals surface area contributed by atoms with Crippen molar-refractivity contribution < 1.29 is 23.8 Å². The molecule has 0 saturated carbocycles. The average Bonchev–Trinajstić information content (AvgIpc) is 2.94. The monoisotopic (exact) mass is 496 g/mol. The zero-order valence-electron chi connectivity index (χ0n) is 20.8. The van der Waals surface area contributed by atoms with Crippen LogP contribution in [0, 0.1) is 0 Å². The molecule has 0 aliphatic carbocycles. The molecule has 4 rings (SSSR count). The normalized spacial score (nSPS) is 10.9. The van der Waals surface area contributed by atoms with Gasteiger partial charge in [0, 0.05) is 11.1 Å². The first kappa shape index (κ1) is 25.4. The first-order chi connectivity index (χ1) is 18.1. The minimum Gasteiger partial charge on any atom is -0.497 e. The van der Waals surface area contributed by atoms with Gasteiger partial charge in [-0.15, -0.1) is 0 Å². The number of rotatable bonds is 10. The van der Waals surface area contributed by atoms with E-state index >= 15 is 0 Å². The van der Waals surface area contributed by atoms with Gasteiger partial charge in [-0.2, -0.15) is 5.10 Å². The first-order valence-electron chi connectivity index (χ1n) is 12.0. The highest BCUT2D eigenvalue weighted by molar-refractivity contribution is 6.04. The number of ether oxygens (including phenoxy) is 3. The predicted molar refractivity (Wildman–Crippen MR) is 144 cm³/mol. The van der Waals surface area contributed by atoms with Gasteiger partial charge in [0.25, 0.3) is 5.91 Å². The molecule has 0 heterocycles. The SMILES string of the molecule is CCCCOc1ccc(C(=O)NN=Cc2c(OC(=O)c3ccc(OC)cc3)ccc3ccccc23)cc1. The largest absolute Gasteiger partial charge is 0.497 e. The number of esters is 1. The highest BCUT2D eigenvalue weighted by Crippen LogP contribution is 2.27. The number of hydrogen-bond acceptors (Lipinski definition) is 6. The molecule has 4 aromatic rings. The van der Waals surface area contributed by atoms with E-state index in [0.717, 1.165) is 23.6 Å². The Hall–Kier alpha value is -4.65. The molecular weight excluding hydrogens is 468 g/mol. The van der Waals surface area contributed by atoms with Crippen LogP contribution in [0.25, 0.3) is 10.8 Å². The van der Waals surface area contributed by atoms with Crippen molar-refractivity contribution >= 4 is 28.9 Å². The summed E-state index contributed by atoms with van der Waals surface area (Å²) in [7, 11) is 1.56. The molecule has 0 bridgehead atoms. The van der Waals surface area contributed by atoms with Gasteiger partial charge in [-0.1, -0.05) is 43.7 Å². The number of hydrogen-bond donors (Lipinski definition) is 1. The Bertz CT molecular complexity index is 1400. The maximum absolute atomic E-state index is 12.8. The summed E-state index contributed by atoms with van der Waals surface area (Å²) in [5.74, 6) is 0.800. The summed E-state index contributed by atoms with van der Waals surface area (Å²) >= 11 is 0. The van der Waals surface area contributed by atoms with E-state index in [1.54, 1.807) is 61.7 Å². The van der Waals surface area contributed by atoms with Crippen molar-refractivity contribution in [2.75, 3.05) is 13.7 Å². The fourth-order valence-electron chi connectivity index (χ4n) is 3.64. The molecule has 0 aromatic heterocycles. The minimum absolute atomic E-state index is 0.325. The van der Waals surface area contributed by atoms with Crippen LogP contribution < -0.4 is 19.6 Å². The maximum Gasteiger partial charge on any atom is 0.343 e. The molecule has 0 aliphatic rings. The fraction of sp³-hybridized carbons (Fsp3) is 0.167. The number of carbonyl (C=O) groups excluding carboxylic acids is 2. The molecule has 0 saturated heterocycles. The molecule has 188 valence electrons. The second kappa shape index (κ2) is 12.4. The van der Waals surface area contributed by atoms with Crippen molar-refractivity contribution in [3.8, 4) is 17.2 Å². The van der Waals surface area contributed by atoms with Gasteiger partial charge in [0.2, 0.25) is 0 Å². The molecule has 4 aromatic carbocycles. The summed E-state index contributed by atoms with van der Waals surface area (Å²) < 4.78 is 16.5. The lowest BCUT2D eigenvalue weighted by Crippen LogP contribution is -2.17. The van der Waals surface area contributed by atoms with E-state index in [0.29, 0.717) is 40.5 Å². The molecular formula is C30H28N2O5. The van der Waals surface area contributed by atoms with Crippen LogP contribution in [0.5, 0.6) is 17.2 Å². The van der Waals surface area contributed by atoms with Gasteiger partial charge >= 0.3 is 5.97 Å². The fourth-order valence-corrected chi connectivity index (χ4v) is 3.64. The lowest BCUT2D eigenvalue weighted by atomic mass is 10.0. The molecule has 0 spiro atoms. The van der Waals surface area contributed by atoms with E-state index < -0.39 is 5.97 Å². The Labute approximate surface area is 215 Å². The molecule has 0 fully saturated rings. The molecule has 7 heteroatoms. The van der Waals surface area contributed by atoms with Crippen LogP contribution in [0.3, 0.4) is 0 Å². The minimum atomic E-state index is -0.516. The Kier molecular flexibility index (Phi) is 8.49. The average molecular weight is 497 g/mol. The molecule has 0 radical (unpaired) electrons. The number of nitrogens with one attached hydrogen (secondary N) is 1. The topological polar surface area (TPSA) is 86.2 Å². The van der Waals surface area contributed by atoms with Crippen molar-refractivity contribution in [3.63, 3.8) is 0 Å². The van der Waals surface area contributed by atoms with Crippen molar-refractivity contribution in [3.05, 3.63) is 102 Å². The van der Waals surface area contributed by atoms with Crippen LogP contribution in [-0.2, 0) is 0 Å². The van der Waals surface area contributed by atoms with Crippen molar-refractivity contribution in [1.82, 2.24) is 5.43 Å². The second-order valence-electron chi connectivity index (χ2n) is 8.24. The van der Waals surface area contributed by atoms with Gasteiger partial charge in [0.05, 0.1) is 25.5 Å². The Morgan fingerprint density at radius 2 is 1.57 bits per heavy atom. The molecule has 0 atom stereocenters. The van der Waals surface area contributed by atoms with E-state index in [9.17, 15) is 9.59 Å². The third kappa shape index (κ3) is 6.52. The highest BCUT2D eigenvalue weighted by atomic mass is 16.5. The van der Waals surface area contributed by atoms with Crippen molar-refractivity contribution in [2.45, 2.75) is 19.8 Å². The summed E-state index contributed by atoms with van der Waals surface area (Å²) in [6.07, 6.45) is 3.51. The number of benzene rings is 4. The van der Waals surface area contributed by atoms with Gasteiger partial charge in [-0.3, -0.25) is 4.79 Å². The van der Waals surface area contributed by atoms with Crippen molar-refractivity contribution in [2.24, 2.45) is 5.10 Å². The van der Waals surface area contributed by atoms with Crippen molar-refractivity contribution in [1.29, 1.82) is 0 Å². The third-order valence-corrected chi connectivity index (χ3v) is 5.70. The number of methoxy groups -OCH3 is 1. The second-order valence-corrected chi connectivity index (χ2v) is 8.24. The zero-order valence-corrected chi connectivity index (χ0v) is 20.8. The number of hydrazone groups is 1. The van der Waals surface area contributed by atoms with Gasteiger partial charge in [-0.05, 0) is 71.8 Å². The van der Waals surface area contributed by atoms with E-state index in [1.165, 1.54) is 6.21 Å². The smallest absolute Gasteiger partial charge is 0.343 e. The van der Waals surface area contributed by atoms with Gasteiger partial charge in [0.1, 0.15) is 17.2 Å². The lowest BCUT2D eigenvalue weighted by molar-refractivity contribution is 0.0734. The summed E-state index contributed by atoms with van der Waals surface area (Å²) in [6.45, 7) is 2.74. The summed E-state index contributed by atoms with van der Waals surface area (Å²) in [5.41, 5.74) is 3.94. The van der Waals surface area contributed by atoms with E-state index in [4.69, 9.17) is 14.2 Å². The Morgan fingerprint density at radius 1 is 0.865 bits per heavy atom. The third-order valence-electron chi connectivity index (χ3n) is 5.70. The van der Waals surface area contributed by atoms with Crippen LogP contribution in [0.4, 0.5) is 0 Å². The highest BCUT2D eigenvalue weighted by Gasteiger charge is 2.14. The quantitative estimate of drug-likeness (QED) is 0.0955. The zero-order chi connectivity index (χ0) is 26.0. The Morgan fingerprint density at radius 3 is 2.30 bits per heavy atom. The van der Waals surface area contributed by atoms with Crippen LogP contribution in [-0.4, -0.2) is 31.8 Å². The first-order valence-corrected chi connectivity index (χ1v) is 12.0. The molecule has 1 N–H and O–H groups in total. The summed E-state index contributed by atoms with van der Waals surface area (Å²) in [4.78, 5) is 25.4. The van der Waals surface area contributed by atoms with E-state index in [2.05, 4.69) is 17.5 Å². The summed E-state index contributed by atoms with van der Waals surface area (Å²) in [5, 5.41) is 5.92.